The minimum absolute atomic E-state index is 0.0926. The summed E-state index contributed by atoms with van der Waals surface area (Å²) in [5, 5.41) is 0. The minimum Gasteiger partial charge on any atom is -0.312 e. The van der Waals surface area contributed by atoms with Crippen molar-refractivity contribution in [2.45, 2.75) is 45.4 Å². The SMILES string of the molecule is C=C1CCC2(CC1)CCN(c1ccc(CC)cc1)C2=O. The molecule has 3 rings (SSSR count). The van der Waals surface area contributed by atoms with Gasteiger partial charge in [-0.15, -0.1) is 0 Å². The van der Waals surface area contributed by atoms with Crippen molar-refractivity contribution >= 4 is 11.6 Å². The van der Waals surface area contributed by atoms with Crippen LogP contribution in [0.4, 0.5) is 5.69 Å². The van der Waals surface area contributed by atoms with Crippen molar-refractivity contribution in [2.24, 2.45) is 5.41 Å². The van der Waals surface area contributed by atoms with Crippen LogP contribution in [-0.2, 0) is 11.2 Å². The molecule has 0 bridgehead atoms. The van der Waals surface area contributed by atoms with Gasteiger partial charge in [-0.25, -0.2) is 0 Å². The van der Waals surface area contributed by atoms with Gasteiger partial charge < -0.3 is 4.90 Å². The Morgan fingerprint density at radius 1 is 1.15 bits per heavy atom. The van der Waals surface area contributed by atoms with E-state index in [-0.39, 0.29) is 5.41 Å². The maximum atomic E-state index is 12.8. The van der Waals surface area contributed by atoms with Gasteiger partial charge in [0.25, 0.3) is 0 Å². The Hall–Kier alpha value is -1.57. The molecular weight excluding hydrogens is 246 g/mol. The third kappa shape index (κ3) is 2.17. The molecule has 1 saturated heterocycles. The molecular formula is C18H23NO. The highest BCUT2D eigenvalue weighted by atomic mass is 16.2. The molecule has 1 aromatic rings. The molecule has 2 fully saturated rings. The minimum atomic E-state index is -0.0926. The quantitative estimate of drug-likeness (QED) is 0.740. The number of carbonyl (C=O) groups is 1. The monoisotopic (exact) mass is 269 g/mol. The van der Waals surface area contributed by atoms with Crippen molar-refractivity contribution in [3.05, 3.63) is 42.0 Å². The number of anilines is 1. The zero-order valence-electron chi connectivity index (χ0n) is 12.3. The van der Waals surface area contributed by atoms with Crippen molar-refractivity contribution in [1.82, 2.24) is 0 Å². The highest BCUT2D eigenvalue weighted by Gasteiger charge is 2.47. The van der Waals surface area contributed by atoms with Crippen LogP contribution in [0, 0.1) is 5.41 Å². The Bertz CT molecular complexity index is 519. The van der Waals surface area contributed by atoms with Gasteiger partial charge in [-0.05, 0) is 56.2 Å². The fraction of sp³-hybridized carbons (Fsp3) is 0.500. The topological polar surface area (TPSA) is 20.3 Å². The molecule has 2 aliphatic rings. The van der Waals surface area contributed by atoms with Crippen molar-refractivity contribution in [2.75, 3.05) is 11.4 Å². The molecule has 1 spiro atoms. The van der Waals surface area contributed by atoms with Crippen LogP contribution in [0.3, 0.4) is 0 Å². The van der Waals surface area contributed by atoms with Crippen LogP contribution >= 0.6 is 0 Å². The standard InChI is InChI=1S/C18H23NO/c1-3-15-4-6-16(7-5-15)19-13-12-18(17(19)20)10-8-14(2)9-11-18/h4-7H,2-3,8-13H2,1H3. The van der Waals surface area contributed by atoms with Gasteiger partial charge in [0.1, 0.15) is 0 Å². The molecule has 1 heterocycles. The van der Waals surface area contributed by atoms with Crippen LogP contribution in [-0.4, -0.2) is 12.5 Å². The number of rotatable bonds is 2. The number of carbonyl (C=O) groups excluding carboxylic acids is 1. The summed E-state index contributed by atoms with van der Waals surface area (Å²) in [6.45, 7) is 7.09. The lowest BCUT2D eigenvalue weighted by Gasteiger charge is -2.32. The van der Waals surface area contributed by atoms with Crippen LogP contribution in [0.15, 0.2) is 36.4 Å². The highest BCUT2D eigenvalue weighted by molar-refractivity contribution is 6.00. The van der Waals surface area contributed by atoms with Crippen molar-refractivity contribution < 1.29 is 4.79 Å². The normalized spacial score (nSPS) is 21.8. The van der Waals surface area contributed by atoms with Crippen LogP contribution in [0.25, 0.3) is 0 Å². The maximum absolute atomic E-state index is 12.8. The van der Waals surface area contributed by atoms with Crippen molar-refractivity contribution in [3.63, 3.8) is 0 Å². The molecule has 0 unspecified atom stereocenters. The largest absolute Gasteiger partial charge is 0.312 e. The summed E-state index contributed by atoms with van der Waals surface area (Å²) in [5.41, 5.74) is 3.61. The lowest BCUT2D eigenvalue weighted by molar-refractivity contribution is -0.126. The highest BCUT2D eigenvalue weighted by Crippen LogP contribution is 2.46. The molecule has 1 aromatic carbocycles. The molecule has 106 valence electrons. The molecule has 20 heavy (non-hydrogen) atoms. The second-order valence-electron chi connectivity index (χ2n) is 6.26. The molecule has 2 nitrogen and oxygen atoms in total. The number of hydrogen-bond acceptors (Lipinski definition) is 1. The van der Waals surface area contributed by atoms with E-state index in [1.807, 2.05) is 4.90 Å². The molecule has 0 radical (unpaired) electrons. The molecule has 2 heteroatoms. The zero-order chi connectivity index (χ0) is 14.2. The average molecular weight is 269 g/mol. The van der Waals surface area contributed by atoms with E-state index < -0.39 is 0 Å². The molecule has 0 N–H and O–H groups in total. The van der Waals surface area contributed by atoms with Crippen LogP contribution < -0.4 is 4.90 Å². The van der Waals surface area contributed by atoms with Crippen molar-refractivity contribution in [3.8, 4) is 0 Å². The summed E-state index contributed by atoms with van der Waals surface area (Å²) >= 11 is 0. The molecule has 1 amide bonds. The molecule has 1 aliphatic carbocycles. The molecule has 1 aliphatic heterocycles. The zero-order valence-corrected chi connectivity index (χ0v) is 12.3. The lowest BCUT2D eigenvalue weighted by atomic mass is 9.72. The summed E-state index contributed by atoms with van der Waals surface area (Å²) in [7, 11) is 0. The van der Waals surface area contributed by atoms with E-state index in [2.05, 4.69) is 37.8 Å². The third-order valence-corrected chi connectivity index (χ3v) is 5.08. The summed E-state index contributed by atoms with van der Waals surface area (Å²) < 4.78 is 0. The first-order valence-electron chi connectivity index (χ1n) is 7.72. The maximum Gasteiger partial charge on any atom is 0.233 e. The van der Waals surface area contributed by atoms with Crippen LogP contribution in [0.1, 0.15) is 44.6 Å². The van der Waals surface area contributed by atoms with E-state index in [1.165, 1.54) is 11.1 Å². The Morgan fingerprint density at radius 2 is 1.80 bits per heavy atom. The van der Waals surface area contributed by atoms with Gasteiger partial charge in [0, 0.05) is 12.2 Å². The average Bonchev–Trinajstić information content (AvgIpc) is 2.80. The first kappa shape index (κ1) is 13.4. The molecule has 0 atom stereocenters. The van der Waals surface area contributed by atoms with Gasteiger partial charge in [-0.1, -0.05) is 31.2 Å². The van der Waals surface area contributed by atoms with Gasteiger partial charge in [0.15, 0.2) is 0 Å². The number of amides is 1. The summed E-state index contributed by atoms with van der Waals surface area (Å²) in [5.74, 6) is 0.342. The Morgan fingerprint density at radius 3 is 2.40 bits per heavy atom. The van der Waals surface area contributed by atoms with Gasteiger partial charge in [0.2, 0.25) is 5.91 Å². The Labute approximate surface area is 121 Å². The first-order chi connectivity index (χ1) is 9.64. The second-order valence-corrected chi connectivity index (χ2v) is 6.26. The lowest BCUT2D eigenvalue weighted by Crippen LogP contribution is -2.36. The van der Waals surface area contributed by atoms with Gasteiger partial charge in [-0.2, -0.15) is 0 Å². The van der Waals surface area contributed by atoms with E-state index in [4.69, 9.17) is 0 Å². The van der Waals surface area contributed by atoms with Gasteiger partial charge in [0.05, 0.1) is 5.41 Å². The summed E-state index contributed by atoms with van der Waals surface area (Å²) in [4.78, 5) is 14.8. The first-order valence-corrected chi connectivity index (χ1v) is 7.72. The predicted octanol–water partition coefficient (Wildman–Crippen LogP) is 4.10. The van der Waals surface area contributed by atoms with Crippen LogP contribution in [0.2, 0.25) is 0 Å². The van der Waals surface area contributed by atoms with E-state index in [1.54, 1.807) is 0 Å². The fourth-order valence-electron chi connectivity index (χ4n) is 3.52. The van der Waals surface area contributed by atoms with E-state index in [9.17, 15) is 4.79 Å². The Balaban J connectivity index is 1.79. The number of hydrogen-bond donors (Lipinski definition) is 0. The smallest absolute Gasteiger partial charge is 0.233 e. The summed E-state index contributed by atoms with van der Waals surface area (Å²) in [6, 6.07) is 8.46. The van der Waals surface area contributed by atoms with Gasteiger partial charge in [-0.3, -0.25) is 4.79 Å². The molecule has 0 aromatic heterocycles. The van der Waals surface area contributed by atoms with Gasteiger partial charge >= 0.3 is 0 Å². The number of benzene rings is 1. The predicted molar refractivity (Wildman–Crippen MR) is 82.8 cm³/mol. The summed E-state index contributed by atoms with van der Waals surface area (Å²) in [6.07, 6.45) is 6.08. The van der Waals surface area contributed by atoms with E-state index >= 15 is 0 Å². The fourth-order valence-corrected chi connectivity index (χ4v) is 3.52. The molecule has 1 saturated carbocycles. The van der Waals surface area contributed by atoms with E-state index in [0.717, 1.165) is 50.8 Å². The number of aryl methyl sites for hydroxylation is 1. The van der Waals surface area contributed by atoms with Crippen LogP contribution in [0.5, 0.6) is 0 Å². The van der Waals surface area contributed by atoms with Crippen molar-refractivity contribution in [1.29, 1.82) is 0 Å². The number of allylic oxidation sites excluding steroid dienone is 1. The van der Waals surface area contributed by atoms with E-state index in [0.29, 0.717) is 5.91 Å². The Kier molecular flexibility index (Phi) is 3.41. The second kappa shape index (κ2) is 5.08. The third-order valence-electron chi connectivity index (χ3n) is 5.08. The number of nitrogens with zero attached hydrogens (tertiary/aromatic N) is 1.